The Morgan fingerprint density at radius 1 is 1.48 bits per heavy atom. The summed E-state index contributed by atoms with van der Waals surface area (Å²) < 4.78 is 32.9. The van der Waals surface area contributed by atoms with E-state index < -0.39 is 27.2 Å². The Hall–Kier alpha value is -1.15. The molecule has 2 rings (SSSR count). The molecule has 1 aromatic heterocycles. The van der Waals surface area contributed by atoms with E-state index in [-0.39, 0.29) is 5.82 Å². The van der Waals surface area contributed by atoms with Gasteiger partial charge in [0.05, 0.1) is 18.3 Å². The number of aromatic nitrogens is 1. The number of esters is 1. The van der Waals surface area contributed by atoms with Crippen molar-refractivity contribution in [2.24, 2.45) is 5.92 Å². The predicted octanol–water partition coefficient (Wildman–Crippen LogP) is 2.24. The first kappa shape index (κ1) is 16.2. The molecule has 1 aromatic rings. The zero-order valence-electron chi connectivity index (χ0n) is 11.8. The van der Waals surface area contributed by atoms with Crippen LogP contribution in [0.25, 0.3) is 0 Å². The molecule has 0 bridgehead atoms. The Kier molecular flexibility index (Phi) is 4.88. The van der Waals surface area contributed by atoms with Gasteiger partial charge in [-0.15, -0.1) is 0 Å². The second-order valence-electron chi connectivity index (χ2n) is 5.06. The summed E-state index contributed by atoms with van der Waals surface area (Å²) in [4.78, 5) is 15.7. The number of carbonyl (C=O) groups excluding carboxylic acids is 1. The molecule has 2 unspecified atom stereocenters. The van der Waals surface area contributed by atoms with E-state index >= 15 is 0 Å². The average Bonchev–Trinajstić information content (AvgIpc) is 2.92. The number of ether oxygens (including phenoxy) is 1. The topological polar surface area (TPSA) is 85.4 Å². The van der Waals surface area contributed by atoms with Crippen molar-refractivity contribution in [3.05, 3.63) is 22.3 Å². The van der Waals surface area contributed by atoms with Crippen molar-refractivity contribution in [2.75, 3.05) is 11.8 Å². The van der Waals surface area contributed by atoms with Crippen LogP contribution in [-0.2, 0) is 19.6 Å². The molecule has 2 atom stereocenters. The van der Waals surface area contributed by atoms with Gasteiger partial charge in [-0.05, 0) is 47.3 Å². The Morgan fingerprint density at radius 3 is 2.81 bits per heavy atom. The van der Waals surface area contributed by atoms with Crippen LogP contribution in [0.5, 0.6) is 0 Å². The van der Waals surface area contributed by atoms with Gasteiger partial charge in [-0.1, -0.05) is 6.42 Å². The predicted molar refractivity (Wildman–Crippen MR) is 82.4 cm³/mol. The maximum absolute atomic E-state index is 12.5. The summed E-state index contributed by atoms with van der Waals surface area (Å²) in [5, 5.41) is -0.768. The maximum Gasteiger partial charge on any atom is 0.310 e. The Balaban J connectivity index is 2.21. The van der Waals surface area contributed by atoms with E-state index in [0.29, 0.717) is 19.3 Å². The third-order valence-electron chi connectivity index (χ3n) is 3.65. The van der Waals surface area contributed by atoms with Gasteiger partial charge < -0.3 is 4.74 Å². The molecule has 0 saturated heterocycles. The van der Waals surface area contributed by atoms with Gasteiger partial charge in [0.1, 0.15) is 5.82 Å². The van der Waals surface area contributed by atoms with Gasteiger partial charge in [0, 0.05) is 10.7 Å². The van der Waals surface area contributed by atoms with E-state index in [9.17, 15) is 13.2 Å². The molecule has 1 heterocycles. The van der Waals surface area contributed by atoms with Gasteiger partial charge in [0.15, 0.2) is 0 Å². The van der Waals surface area contributed by atoms with E-state index in [1.165, 1.54) is 7.11 Å². The number of halogens is 1. The lowest BCUT2D eigenvalue weighted by Crippen LogP contribution is -2.35. The summed E-state index contributed by atoms with van der Waals surface area (Å²) in [5.74, 6) is -0.821. The summed E-state index contributed by atoms with van der Waals surface area (Å²) in [7, 11) is -2.40. The first-order valence-electron chi connectivity index (χ1n) is 6.56. The highest BCUT2D eigenvalue weighted by Gasteiger charge is 2.42. The number of nitrogens with zero attached hydrogens (tertiary/aromatic N) is 1. The molecule has 1 N–H and O–H groups in total. The highest BCUT2D eigenvalue weighted by atomic mass is 79.9. The maximum atomic E-state index is 12.5. The molecule has 21 heavy (non-hydrogen) atoms. The van der Waals surface area contributed by atoms with Crippen molar-refractivity contribution in [3.63, 3.8) is 0 Å². The van der Waals surface area contributed by atoms with Crippen molar-refractivity contribution in [3.8, 4) is 0 Å². The second kappa shape index (κ2) is 6.31. The quantitative estimate of drug-likeness (QED) is 0.814. The van der Waals surface area contributed by atoms with Crippen LogP contribution in [0, 0.1) is 12.8 Å². The van der Waals surface area contributed by atoms with E-state index in [1.54, 1.807) is 12.3 Å². The van der Waals surface area contributed by atoms with Crippen molar-refractivity contribution < 1.29 is 17.9 Å². The van der Waals surface area contributed by atoms with Crippen LogP contribution in [0.4, 0.5) is 5.82 Å². The summed E-state index contributed by atoms with van der Waals surface area (Å²) in [6.07, 6.45) is 3.22. The van der Waals surface area contributed by atoms with Crippen LogP contribution in [0.2, 0.25) is 0 Å². The number of methoxy groups -OCH3 is 1. The number of rotatable bonds is 4. The highest BCUT2D eigenvalue weighted by molar-refractivity contribution is 9.10. The van der Waals surface area contributed by atoms with Crippen molar-refractivity contribution in [1.29, 1.82) is 0 Å². The molecule has 1 aliphatic carbocycles. The molecule has 1 aliphatic rings. The molecule has 1 saturated carbocycles. The third kappa shape index (κ3) is 3.55. The normalized spacial score (nSPS) is 22.0. The molecule has 116 valence electrons. The first-order chi connectivity index (χ1) is 9.85. The number of nitrogens with one attached hydrogen (secondary N) is 1. The van der Waals surface area contributed by atoms with Crippen LogP contribution in [0.1, 0.15) is 24.8 Å². The number of aryl methyl sites for hydroxylation is 1. The van der Waals surface area contributed by atoms with Crippen LogP contribution >= 0.6 is 15.9 Å². The van der Waals surface area contributed by atoms with E-state index in [0.717, 1.165) is 10.0 Å². The molecule has 0 aliphatic heterocycles. The fraction of sp³-hybridized carbons (Fsp3) is 0.538. The van der Waals surface area contributed by atoms with Gasteiger partial charge in [-0.3, -0.25) is 9.52 Å². The third-order valence-corrected chi connectivity index (χ3v) is 6.33. The summed E-state index contributed by atoms with van der Waals surface area (Å²) in [6.45, 7) is 1.84. The minimum Gasteiger partial charge on any atom is -0.469 e. The lowest BCUT2D eigenvalue weighted by Gasteiger charge is -2.18. The number of hydrogen-bond donors (Lipinski definition) is 1. The summed E-state index contributed by atoms with van der Waals surface area (Å²) in [6, 6.07) is 1.64. The Labute approximate surface area is 132 Å². The Morgan fingerprint density at radius 2 is 2.19 bits per heavy atom. The van der Waals surface area contributed by atoms with Gasteiger partial charge in [0.2, 0.25) is 10.0 Å². The average molecular weight is 377 g/mol. The molecule has 1 fully saturated rings. The van der Waals surface area contributed by atoms with Gasteiger partial charge in [-0.2, -0.15) is 0 Å². The SMILES string of the molecule is COC(=O)C1CCCC1S(=O)(=O)Nc1cc(C)c(Br)cn1. The monoisotopic (exact) mass is 376 g/mol. The van der Waals surface area contributed by atoms with Gasteiger partial charge in [0.25, 0.3) is 0 Å². The van der Waals surface area contributed by atoms with Crippen LogP contribution in [-0.4, -0.2) is 31.7 Å². The highest BCUT2D eigenvalue weighted by Crippen LogP contribution is 2.33. The fourth-order valence-electron chi connectivity index (χ4n) is 2.54. The molecule has 8 heteroatoms. The lowest BCUT2D eigenvalue weighted by atomic mass is 10.1. The minimum absolute atomic E-state index is 0.256. The van der Waals surface area contributed by atoms with Gasteiger partial charge in [-0.25, -0.2) is 13.4 Å². The summed E-state index contributed by atoms with van der Waals surface area (Å²) in [5.41, 5.74) is 0.874. The summed E-state index contributed by atoms with van der Waals surface area (Å²) >= 11 is 3.31. The second-order valence-corrected chi connectivity index (χ2v) is 7.82. The standard InChI is InChI=1S/C13H17BrN2O4S/c1-8-6-12(15-7-10(8)14)16-21(18,19)11-5-3-4-9(11)13(17)20-2/h6-7,9,11H,3-5H2,1-2H3,(H,15,16). The zero-order valence-corrected chi connectivity index (χ0v) is 14.2. The molecule has 0 aromatic carbocycles. The smallest absolute Gasteiger partial charge is 0.310 e. The largest absolute Gasteiger partial charge is 0.469 e. The van der Waals surface area contributed by atoms with Gasteiger partial charge >= 0.3 is 5.97 Å². The van der Waals surface area contributed by atoms with Crippen molar-refractivity contribution in [1.82, 2.24) is 4.98 Å². The molecule has 0 spiro atoms. The Bertz CT molecular complexity index is 648. The lowest BCUT2D eigenvalue weighted by molar-refractivity contribution is -0.145. The number of pyridine rings is 1. The first-order valence-corrected chi connectivity index (χ1v) is 8.90. The van der Waals surface area contributed by atoms with Crippen molar-refractivity contribution in [2.45, 2.75) is 31.4 Å². The van der Waals surface area contributed by atoms with Crippen molar-refractivity contribution >= 4 is 37.7 Å². The number of carbonyl (C=O) groups is 1. The van der Waals surface area contributed by atoms with E-state index in [2.05, 4.69) is 25.6 Å². The van der Waals surface area contributed by atoms with Crippen LogP contribution in [0.15, 0.2) is 16.7 Å². The molecular formula is C13H17BrN2O4S. The molecule has 0 amide bonds. The minimum atomic E-state index is -3.68. The molecule has 0 radical (unpaired) electrons. The number of hydrogen-bond acceptors (Lipinski definition) is 5. The number of anilines is 1. The van der Waals surface area contributed by atoms with E-state index in [4.69, 9.17) is 4.74 Å². The number of sulfonamides is 1. The van der Waals surface area contributed by atoms with Crippen LogP contribution < -0.4 is 4.72 Å². The van der Waals surface area contributed by atoms with Crippen LogP contribution in [0.3, 0.4) is 0 Å². The fourth-order valence-corrected chi connectivity index (χ4v) is 4.46. The van der Waals surface area contributed by atoms with E-state index in [1.807, 2.05) is 6.92 Å². The zero-order chi connectivity index (χ0) is 15.6. The molecular weight excluding hydrogens is 360 g/mol. The molecule has 6 nitrogen and oxygen atoms in total.